The molecule has 0 aliphatic rings. The number of carbonyl (C=O) groups is 1. The van der Waals surface area contributed by atoms with Crippen LogP contribution in [0.25, 0.3) is 0 Å². The van der Waals surface area contributed by atoms with E-state index in [-0.39, 0.29) is 5.91 Å². The molecule has 0 aliphatic carbocycles. The summed E-state index contributed by atoms with van der Waals surface area (Å²) in [6.07, 6.45) is 0. The lowest BCUT2D eigenvalue weighted by molar-refractivity contribution is -0.140. The molecule has 0 saturated heterocycles. The average molecular weight is 316 g/mol. The molecule has 0 radical (unpaired) electrons. The van der Waals surface area contributed by atoms with Crippen molar-refractivity contribution < 1.29 is 4.79 Å². The molecule has 0 N–H and O–H groups in total. The van der Waals surface area contributed by atoms with E-state index >= 15 is 0 Å². The predicted molar refractivity (Wildman–Crippen MR) is 91.6 cm³/mol. The Morgan fingerprint density at radius 2 is 1.32 bits per heavy atom. The fourth-order valence-electron chi connectivity index (χ4n) is 2.29. The third-order valence-electron chi connectivity index (χ3n) is 3.63. The predicted octanol–water partition coefficient (Wildman–Crippen LogP) is 4.48. The summed E-state index contributed by atoms with van der Waals surface area (Å²) in [4.78, 5) is 14.7. The van der Waals surface area contributed by atoms with E-state index in [2.05, 4.69) is 0 Å². The number of amides is 1. The van der Waals surface area contributed by atoms with Crippen LogP contribution in [0.4, 0.5) is 0 Å². The summed E-state index contributed by atoms with van der Waals surface area (Å²) in [6, 6.07) is 20.1. The Balaban J connectivity index is 2.22. The van der Waals surface area contributed by atoms with Gasteiger partial charge in [0.25, 0.3) is 0 Å². The number of alkyl halides is 1. The fourth-order valence-corrected chi connectivity index (χ4v) is 2.41. The van der Waals surface area contributed by atoms with Crippen molar-refractivity contribution in [3.63, 3.8) is 0 Å². The Kier molecular flexibility index (Phi) is 5.62. The molecule has 0 spiro atoms. The smallest absolute Gasteiger partial charge is 0.230 e. The first-order chi connectivity index (χ1) is 10.5. The number of hydrogen-bond acceptors (Lipinski definition) is 1. The van der Waals surface area contributed by atoms with Crippen LogP contribution in [0.15, 0.2) is 60.7 Å². The van der Waals surface area contributed by atoms with Gasteiger partial charge in [-0.25, -0.2) is 0 Å². The molecule has 0 aliphatic heterocycles. The first kappa shape index (κ1) is 16.6. The zero-order valence-corrected chi connectivity index (χ0v) is 13.9. The van der Waals surface area contributed by atoms with Crippen molar-refractivity contribution in [2.75, 3.05) is 5.88 Å². The van der Waals surface area contributed by atoms with Crippen LogP contribution in [0, 0.1) is 5.41 Å². The van der Waals surface area contributed by atoms with Crippen LogP contribution in [0.3, 0.4) is 0 Å². The highest BCUT2D eigenvalue weighted by atomic mass is 35.5. The SMILES string of the molecule is CC(C)(CCl)C(=O)N(Cc1ccccc1)Cc1ccccc1. The zero-order valence-electron chi connectivity index (χ0n) is 13.1. The van der Waals surface area contributed by atoms with Gasteiger partial charge in [-0.3, -0.25) is 4.79 Å². The number of carbonyl (C=O) groups excluding carboxylic acids is 1. The Bertz CT molecular complexity index is 554. The van der Waals surface area contributed by atoms with Gasteiger partial charge in [-0.15, -0.1) is 11.6 Å². The second-order valence-corrected chi connectivity index (χ2v) is 6.42. The van der Waals surface area contributed by atoms with Crippen molar-refractivity contribution in [2.45, 2.75) is 26.9 Å². The minimum atomic E-state index is -0.564. The molecule has 0 heterocycles. The zero-order chi connectivity index (χ0) is 16.0. The van der Waals surface area contributed by atoms with Gasteiger partial charge in [0.1, 0.15) is 0 Å². The number of nitrogens with zero attached hydrogens (tertiary/aromatic N) is 1. The van der Waals surface area contributed by atoms with Crippen molar-refractivity contribution >= 4 is 17.5 Å². The molecule has 2 rings (SSSR count). The van der Waals surface area contributed by atoms with E-state index in [4.69, 9.17) is 11.6 Å². The largest absolute Gasteiger partial charge is 0.334 e. The maximum absolute atomic E-state index is 12.8. The van der Waals surface area contributed by atoms with Crippen molar-refractivity contribution in [1.29, 1.82) is 0 Å². The van der Waals surface area contributed by atoms with Crippen LogP contribution in [-0.2, 0) is 17.9 Å². The van der Waals surface area contributed by atoms with E-state index < -0.39 is 5.41 Å². The van der Waals surface area contributed by atoms with E-state index in [1.807, 2.05) is 79.4 Å². The normalized spacial score (nSPS) is 11.2. The van der Waals surface area contributed by atoms with E-state index in [1.165, 1.54) is 0 Å². The van der Waals surface area contributed by atoms with Gasteiger partial charge in [0.05, 0.1) is 5.41 Å². The quantitative estimate of drug-likeness (QED) is 0.720. The number of hydrogen-bond donors (Lipinski definition) is 0. The molecule has 0 saturated carbocycles. The van der Waals surface area contributed by atoms with Gasteiger partial charge in [0.2, 0.25) is 5.91 Å². The highest BCUT2D eigenvalue weighted by Gasteiger charge is 2.31. The fraction of sp³-hybridized carbons (Fsp3) is 0.316. The summed E-state index contributed by atoms with van der Waals surface area (Å²) in [6.45, 7) is 4.97. The van der Waals surface area contributed by atoms with E-state index in [9.17, 15) is 4.79 Å². The third kappa shape index (κ3) is 4.35. The molecule has 0 unspecified atom stereocenters. The van der Waals surface area contributed by atoms with Crippen LogP contribution >= 0.6 is 11.6 Å². The summed E-state index contributed by atoms with van der Waals surface area (Å²) in [5, 5.41) is 0. The average Bonchev–Trinajstić information content (AvgIpc) is 2.55. The van der Waals surface area contributed by atoms with Crippen molar-refractivity contribution in [1.82, 2.24) is 4.90 Å². The molecular weight excluding hydrogens is 294 g/mol. The molecule has 0 fully saturated rings. The number of rotatable bonds is 6. The van der Waals surface area contributed by atoms with Gasteiger partial charge in [-0.05, 0) is 25.0 Å². The van der Waals surface area contributed by atoms with Gasteiger partial charge >= 0.3 is 0 Å². The van der Waals surface area contributed by atoms with Crippen molar-refractivity contribution in [2.24, 2.45) is 5.41 Å². The van der Waals surface area contributed by atoms with E-state index in [1.54, 1.807) is 0 Å². The second kappa shape index (κ2) is 7.46. The Morgan fingerprint density at radius 1 is 0.909 bits per heavy atom. The topological polar surface area (TPSA) is 20.3 Å². The molecule has 2 nitrogen and oxygen atoms in total. The first-order valence-corrected chi connectivity index (χ1v) is 7.99. The molecule has 0 bridgehead atoms. The minimum absolute atomic E-state index is 0.0789. The number of benzene rings is 2. The van der Waals surface area contributed by atoms with E-state index in [0.29, 0.717) is 19.0 Å². The summed E-state index contributed by atoms with van der Waals surface area (Å²) < 4.78 is 0. The first-order valence-electron chi connectivity index (χ1n) is 7.46. The van der Waals surface area contributed by atoms with Crippen LogP contribution in [0.5, 0.6) is 0 Å². The molecule has 2 aromatic rings. The van der Waals surface area contributed by atoms with Gasteiger partial charge in [0.15, 0.2) is 0 Å². The van der Waals surface area contributed by atoms with Gasteiger partial charge < -0.3 is 4.90 Å². The third-order valence-corrected chi connectivity index (χ3v) is 4.30. The summed E-state index contributed by atoms with van der Waals surface area (Å²) >= 11 is 5.99. The molecule has 0 atom stereocenters. The monoisotopic (exact) mass is 315 g/mol. The summed E-state index contributed by atoms with van der Waals surface area (Å²) in [7, 11) is 0. The minimum Gasteiger partial charge on any atom is -0.334 e. The summed E-state index contributed by atoms with van der Waals surface area (Å²) in [5.74, 6) is 0.390. The molecule has 3 heteroatoms. The standard InChI is InChI=1S/C19H22ClNO/c1-19(2,15-20)18(22)21(13-16-9-5-3-6-10-16)14-17-11-7-4-8-12-17/h3-12H,13-15H2,1-2H3. The number of halogens is 1. The Hall–Kier alpha value is -1.80. The van der Waals surface area contributed by atoms with Gasteiger partial charge in [-0.1, -0.05) is 60.7 Å². The lowest BCUT2D eigenvalue weighted by Crippen LogP contribution is -2.41. The van der Waals surface area contributed by atoms with Crippen molar-refractivity contribution in [3.05, 3.63) is 71.8 Å². The second-order valence-electron chi connectivity index (χ2n) is 6.15. The van der Waals surface area contributed by atoms with Crippen molar-refractivity contribution in [3.8, 4) is 0 Å². The molecule has 22 heavy (non-hydrogen) atoms. The maximum atomic E-state index is 12.8. The molecule has 1 amide bonds. The molecule has 0 aromatic heterocycles. The lowest BCUT2D eigenvalue weighted by Gasteiger charge is -2.31. The lowest BCUT2D eigenvalue weighted by atomic mass is 9.93. The molecule has 2 aromatic carbocycles. The maximum Gasteiger partial charge on any atom is 0.230 e. The van der Waals surface area contributed by atoms with Crippen LogP contribution < -0.4 is 0 Å². The molecule has 116 valence electrons. The Labute approximate surface area is 137 Å². The van der Waals surface area contributed by atoms with Crippen LogP contribution in [-0.4, -0.2) is 16.7 Å². The molecular formula is C19H22ClNO. The van der Waals surface area contributed by atoms with E-state index in [0.717, 1.165) is 11.1 Å². The Morgan fingerprint density at radius 3 is 1.68 bits per heavy atom. The van der Waals surface area contributed by atoms with Crippen LogP contribution in [0.2, 0.25) is 0 Å². The highest BCUT2D eigenvalue weighted by Crippen LogP contribution is 2.23. The summed E-state index contributed by atoms with van der Waals surface area (Å²) in [5.41, 5.74) is 1.68. The highest BCUT2D eigenvalue weighted by molar-refractivity contribution is 6.19. The van der Waals surface area contributed by atoms with Gasteiger partial charge in [0, 0.05) is 19.0 Å². The van der Waals surface area contributed by atoms with Gasteiger partial charge in [-0.2, -0.15) is 0 Å². The van der Waals surface area contributed by atoms with Crippen LogP contribution in [0.1, 0.15) is 25.0 Å².